The quantitative estimate of drug-likeness (QED) is 0.617. The van der Waals surface area contributed by atoms with E-state index in [1.54, 1.807) is 18.2 Å². The van der Waals surface area contributed by atoms with Crippen LogP contribution in [0.15, 0.2) is 18.2 Å². The Morgan fingerprint density at radius 3 is 2.86 bits per heavy atom. The first-order valence-corrected chi connectivity index (χ1v) is 4.68. The molecule has 3 nitrogen and oxygen atoms in total. The molecule has 76 valence electrons. The number of halogens is 1. The van der Waals surface area contributed by atoms with E-state index in [9.17, 15) is 4.79 Å². The van der Waals surface area contributed by atoms with Crippen LogP contribution in [-0.2, 0) is 4.79 Å². The first-order valence-electron chi connectivity index (χ1n) is 4.30. The number of hydrogen-bond acceptors (Lipinski definition) is 3. The van der Waals surface area contributed by atoms with Crippen molar-refractivity contribution in [2.75, 3.05) is 6.54 Å². The Kier molecular flexibility index (Phi) is 3.92. The largest absolute Gasteiger partial charge is 0.426 e. The van der Waals surface area contributed by atoms with Gasteiger partial charge in [0.05, 0.1) is 6.42 Å². The molecule has 0 aliphatic rings. The van der Waals surface area contributed by atoms with Crippen molar-refractivity contribution < 1.29 is 9.53 Å². The minimum Gasteiger partial charge on any atom is -0.426 e. The predicted molar refractivity (Wildman–Crippen MR) is 55.5 cm³/mol. The molecule has 2 N–H and O–H groups in total. The zero-order chi connectivity index (χ0) is 10.6. The lowest BCUT2D eigenvalue weighted by Gasteiger charge is -2.06. The van der Waals surface area contributed by atoms with Crippen LogP contribution in [0.4, 0.5) is 0 Å². The van der Waals surface area contributed by atoms with Crippen LogP contribution in [-0.4, -0.2) is 12.5 Å². The maximum atomic E-state index is 11.1. The molecule has 0 aliphatic carbocycles. The van der Waals surface area contributed by atoms with Crippen LogP contribution in [0.5, 0.6) is 5.75 Å². The van der Waals surface area contributed by atoms with Gasteiger partial charge in [0.25, 0.3) is 0 Å². The molecule has 1 rings (SSSR count). The summed E-state index contributed by atoms with van der Waals surface area (Å²) in [5.41, 5.74) is 6.06. The van der Waals surface area contributed by atoms with E-state index in [1.807, 2.05) is 6.92 Å². The van der Waals surface area contributed by atoms with Crippen LogP contribution < -0.4 is 10.5 Å². The molecule has 0 saturated carbocycles. The molecule has 0 bridgehead atoms. The van der Waals surface area contributed by atoms with Crippen molar-refractivity contribution in [3.05, 3.63) is 28.8 Å². The monoisotopic (exact) mass is 213 g/mol. The summed E-state index contributed by atoms with van der Waals surface area (Å²) in [5.74, 6) is 0.214. The first kappa shape index (κ1) is 11.0. The summed E-state index contributed by atoms with van der Waals surface area (Å²) in [4.78, 5) is 11.1. The summed E-state index contributed by atoms with van der Waals surface area (Å²) >= 11 is 5.75. The molecule has 4 heteroatoms. The Morgan fingerprint density at radius 1 is 1.57 bits per heavy atom. The molecule has 1 aromatic carbocycles. The van der Waals surface area contributed by atoms with Crippen LogP contribution in [0.1, 0.15) is 12.0 Å². The second kappa shape index (κ2) is 4.98. The summed E-state index contributed by atoms with van der Waals surface area (Å²) in [6.45, 7) is 2.13. The molecule has 0 fully saturated rings. The third-order valence-electron chi connectivity index (χ3n) is 1.71. The van der Waals surface area contributed by atoms with Gasteiger partial charge < -0.3 is 10.5 Å². The summed E-state index contributed by atoms with van der Waals surface area (Å²) in [6, 6.07) is 5.10. The number of rotatable bonds is 3. The van der Waals surface area contributed by atoms with E-state index in [2.05, 4.69) is 0 Å². The second-order valence-electron chi connectivity index (χ2n) is 2.92. The third kappa shape index (κ3) is 3.01. The van der Waals surface area contributed by atoms with E-state index in [0.717, 1.165) is 5.56 Å². The topological polar surface area (TPSA) is 52.3 Å². The van der Waals surface area contributed by atoms with Gasteiger partial charge in [0.15, 0.2) is 0 Å². The van der Waals surface area contributed by atoms with Crippen molar-refractivity contribution in [1.82, 2.24) is 0 Å². The molecule has 0 amide bonds. The Balaban J connectivity index is 2.72. The first-order chi connectivity index (χ1) is 6.63. The smallest absolute Gasteiger partial charge is 0.312 e. The number of nitrogens with two attached hydrogens (primary N) is 1. The standard InChI is InChI=1S/C10H12ClNO2/c1-7-6-8(11)2-3-9(7)14-10(13)4-5-12/h2-3,6H,4-5,12H2,1H3. The molecule has 0 radical (unpaired) electrons. The Morgan fingerprint density at radius 2 is 2.29 bits per heavy atom. The van der Waals surface area contributed by atoms with Crippen molar-refractivity contribution in [3.8, 4) is 5.75 Å². The van der Waals surface area contributed by atoms with Gasteiger partial charge >= 0.3 is 5.97 Å². The number of carbonyl (C=O) groups excluding carboxylic acids is 1. The molecule has 0 unspecified atom stereocenters. The van der Waals surface area contributed by atoms with Gasteiger partial charge in [-0.05, 0) is 30.7 Å². The zero-order valence-corrected chi connectivity index (χ0v) is 8.67. The van der Waals surface area contributed by atoms with E-state index < -0.39 is 0 Å². The average Bonchev–Trinajstić information content (AvgIpc) is 2.10. The number of ether oxygens (including phenoxy) is 1. The second-order valence-corrected chi connectivity index (χ2v) is 3.36. The summed E-state index contributed by atoms with van der Waals surface area (Å²) in [7, 11) is 0. The molecular weight excluding hydrogens is 202 g/mol. The molecular formula is C10H12ClNO2. The zero-order valence-electron chi connectivity index (χ0n) is 7.92. The normalized spacial score (nSPS) is 9.93. The third-order valence-corrected chi connectivity index (χ3v) is 1.94. The van der Waals surface area contributed by atoms with E-state index in [-0.39, 0.29) is 12.4 Å². The predicted octanol–water partition coefficient (Wildman–Crippen LogP) is 1.90. The minimum atomic E-state index is -0.321. The van der Waals surface area contributed by atoms with Gasteiger partial charge in [-0.25, -0.2) is 0 Å². The maximum absolute atomic E-state index is 11.1. The number of esters is 1. The van der Waals surface area contributed by atoms with Gasteiger partial charge in [-0.1, -0.05) is 11.6 Å². The van der Waals surface area contributed by atoms with Gasteiger partial charge in [-0.15, -0.1) is 0 Å². The van der Waals surface area contributed by atoms with Crippen LogP contribution in [0.3, 0.4) is 0 Å². The average molecular weight is 214 g/mol. The molecule has 0 aromatic heterocycles. The minimum absolute atomic E-state index is 0.224. The van der Waals surface area contributed by atoms with E-state index in [1.165, 1.54) is 0 Å². The Bertz CT molecular complexity index is 339. The van der Waals surface area contributed by atoms with Crippen molar-refractivity contribution >= 4 is 17.6 Å². The molecule has 14 heavy (non-hydrogen) atoms. The molecule has 0 saturated heterocycles. The Labute approximate surface area is 87.8 Å². The number of aryl methyl sites for hydroxylation is 1. The van der Waals surface area contributed by atoms with Crippen LogP contribution in [0, 0.1) is 6.92 Å². The van der Waals surface area contributed by atoms with Gasteiger partial charge in [0.1, 0.15) is 5.75 Å². The van der Waals surface area contributed by atoms with Crippen molar-refractivity contribution in [2.45, 2.75) is 13.3 Å². The van der Waals surface area contributed by atoms with E-state index in [0.29, 0.717) is 17.3 Å². The van der Waals surface area contributed by atoms with E-state index >= 15 is 0 Å². The summed E-state index contributed by atoms with van der Waals surface area (Å²) in [6.07, 6.45) is 0.224. The lowest BCUT2D eigenvalue weighted by atomic mass is 10.2. The highest BCUT2D eigenvalue weighted by atomic mass is 35.5. The van der Waals surface area contributed by atoms with Crippen LogP contribution in [0.2, 0.25) is 5.02 Å². The fraction of sp³-hybridized carbons (Fsp3) is 0.300. The van der Waals surface area contributed by atoms with Gasteiger partial charge in [-0.2, -0.15) is 0 Å². The highest BCUT2D eigenvalue weighted by Crippen LogP contribution is 2.21. The number of hydrogen-bond donors (Lipinski definition) is 1. The molecule has 0 aliphatic heterocycles. The lowest BCUT2D eigenvalue weighted by molar-refractivity contribution is -0.134. The van der Waals surface area contributed by atoms with Crippen LogP contribution >= 0.6 is 11.6 Å². The van der Waals surface area contributed by atoms with E-state index in [4.69, 9.17) is 22.1 Å². The summed E-state index contributed by atoms with van der Waals surface area (Å²) < 4.78 is 5.06. The molecule has 0 atom stereocenters. The van der Waals surface area contributed by atoms with Gasteiger partial charge in [0.2, 0.25) is 0 Å². The molecule has 0 spiro atoms. The fourth-order valence-corrected chi connectivity index (χ4v) is 1.25. The SMILES string of the molecule is Cc1cc(Cl)ccc1OC(=O)CCN. The fourth-order valence-electron chi connectivity index (χ4n) is 1.02. The van der Waals surface area contributed by atoms with Gasteiger partial charge in [-0.3, -0.25) is 4.79 Å². The lowest BCUT2D eigenvalue weighted by Crippen LogP contribution is -2.14. The highest BCUT2D eigenvalue weighted by Gasteiger charge is 2.06. The van der Waals surface area contributed by atoms with Crippen LogP contribution in [0.25, 0.3) is 0 Å². The number of carbonyl (C=O) groups is 1. The Hall–Kier alpha value is -1.06. The number of benzene rings is 1. The molecule has 1 aromatic rings. The summed E-state index contributed by atoms with van der Waals surface area (Å²) in [5, 5.41) is 0.626. The van der Waals surface area contributed by atoms with Crippen molar-refractivity contribution in [3.63, 3.8) is 0 Å². The molecule has 0 heterocycles. The van der Waals surface area contributed by atoms with Crippen molar-refractivity contribution in [1.29, 1.82) is 0 Å². The van der Waals surface area contributed by atoms with Crippen molar-refractivity contribution in [2.24, 2.45) is 5.73 Å². The highest BCUT2D eigenvalue weighted by molar-refractivity contribution is 6.30. The van der Waals surface area contributed by atoms with Gasteiger partial charge in [0, 0.05) is 11.6 Å². The maximum Gasteiger partial charge on any atom is 0.312 e.